The smallest absolute Gasteiger partial charge is 0.0865 e. The van der Waals surface area contributed by atoms with Crippen LogP contribution in [0.5, 0.6) is 0 Å². The van der Waals surface area contributed by atoms with Gasteiger partial charge in [0.15, 0.2) is 0 Å². The van der Waals surface area contributed by atoms with E-state index >= 15 is 0 Å². The number of dihydropyridines is 1. The summed E-state index contributed by atoms with van der Waals surface area (Å²) >= 11 is 0. The van der Waals surface area contributed by atoms with Crippen molar-refractivity contribution in [2.75, 3.05) is 13.1 Å². The summed E-state index contributed by atoms with van der Waals surface area (Å²) in [5.74, 6) is 0.705. The molecule has 2 rings (SSSR count). The molecule has 0 aromatic rings. The summed E-state index contributed by atoms with van der Waals surface area (Å²) in [5, 5.41) is 6.62. The molecule has 1 radical (unpaired) electrons. The van der Waals surface area contributed by atoms with Crippen LogP contribution in [-0.4, -0.2) is 13.1 Å². The minimum Gasteiger partial charge on any atom is -0.379 e. The van der Waals surface area contributed by atoms with Crippen molar-refractivity contribution in [3.05, 3.63) is 30.5 Å². The monoisotopic (exact) mass is 149 g/mol. The zero-order valence-electron chi connectivity index (χ0n) is 6.51. The summed E-state index contributed by atoms with van der Waals surface area (Å²) in [5.41, 5.74) is 0. The molecule has 59 valence electrons. The molecule has 0 saturated carbocycles. The zero-order chi connectivity index (χ0) is 7.52. The average molecular weight is 149 g/mol. The first-order valence-electron chi connectivity index (χ1n) is 4.14. The van der Waals surface area contributed by atoms with E-state index < -0.39 is 0 Å². The number of hydrogen-bond donors (Lipinski definition) is 2. The fourth-order valence-corrected chi connectivity index (χ4v) is 1.58. The lowest BCUT2D eigenvalue weighted by Crippen LogP contribution is -2.25. The molecule has 0 spiro atoms. The molecule has 0 aromatic heterocycles. The Kier molecular flexibility index (Phi) is 1.95. The number of rotatable bonds is 1. The first-order chi connectivity index (χ1) is 5.47. The molecule has 2 aliphatic heterocycles. The quantitative estimate of drug-likeness (QED) is 0.576. The predicted molar refractivity (Wildman–Crippen MR) is 45.6 cm³/mol. The molecule has 11 heavy (non-hydrogen) atoms. The lowest BCUT2D eigenvalue weighted by Gasteiger charge is -2.20. The summed E-state index contributed by atoms with van der Waals surface area (Å²) in [6.45, 7) is 2.29. The van der Waals surface area contributed by atoms with Crippen molar-refractivity contribution in [1.82, 2.24) is 10.6 Å². The first kappa shape index (κ1) is 6.92. The second-order valence-corrected chi connectivity index (χ2v) is 3.01. The summed E-state index contributed by atoms with van der Waals surface area (Å²) in [6.07, 6.45) is 9.53. The Labute approximate surface area is 67.4 Å². The van der Waals surface area contributed by atoms with Gasteiger partial charge in [0.1, 0.15) is 0 Å². The van der Waals surface area contributed by atoms with Gasteiger partial charge in [0.2, 0.25) is 0 Å². The molecule has 2 nitrogen and oxygen atoms in total. The standard InChI is InChI=1S/C9H13N2/c1-2-5-11-9(3-1)8-4-6-10-7-8/h1-3,5,8,10-11H,4,6-7H2. The molecule has 2 heterocycles. The highest BCUT2D eigenvalue weighted by Crippen LogP contribution is 2.21. The molecular formula is C9H13N2. The molecule has 0 aromatic carbocycles. The number of hydrogen-bond acceptors (Lipinski definition) is 2. The SMILES string of the molecule is C1=CN[C](C2CCNC2)C=C1. The fourth-order valence-electron chi connectivity index (χ4n) is 1.58. The number of allylic oxidation sites excluding steroid dienone is 2. The van der Waals surface area contributed by atoms with Crippen LogP contribution in [0.15, 0.2) is 24.4 Å². The maximum absolute atomic E-state index is 3.35. The summed E-state index contributed by atoms with van der Waals surface area (Å²) < 4.78 is 0. The molecule has 2 heteroatoms. The van der Waals surface area contributed by atoms with Crippen molar-refractivity contribution in [3.63, 3.8) is 0 Å². The Bertz CT molecular complexity index is 178. The van der Waals surface area contributed by atoms with E-state index in [1.54, 1.807) is 0 Å². The van der Waals surface area contributed by atoms with Crippen molar-refractivity contribution in [1.29, 1.82) is 0 Å². The Morgan fingerprint density at radius 2 is 2.36 bits per heavy atom. The number of nitrogens with one attached hydrogen (secondary N) is 2. The maximum atomic E-state index is 3.35. The second kappa shape index (κ2) is 3.09. The van der Waals surface area contributed by atoms with E-state index in [1.165, 1.54) is 12.5 Å². The van der Waals surface area contributed by atoms with E-state index in [0.29, 0.717) is 5.92 Å². The summed E-state index contributed by atoms with van der Waals surface area (Å²) in [7, 11) is 0. The molecular weight excluding hydrogens is 136 g/mol. The van der Waals surface area contributed by atoms with Gasteiger partial charge in [0.25, 0.3) is 0 Å². The van der Waals surface area contributed by atoms with Crippen molar-refractivity contribution < 1.29 is 0 Å². The topological polar surface area (TPSA) is 24.1 Å². The third-order valence-electron chi connectivity index (χ3n) is 2.23. The average Bonchev–Trinajstić information content (AvgIpc) is 2.58. The van der Waals surface area contributed by atoms with Crippen LogP contribution < -0.4 is 10.6 Å². The van der Waals surface area contributed by atoms with Crippen LogP contribution in [0.1, 0.15) is 6.42 Å². The largest absolute Gasteiger partial charge is 0.379 e. The second-order valence-electron chi connectivity index (χ2n) is 3.01. The molecule has 1 saturated heterocycles. The highest BCUT2D eigenvalue weighted by molar-refractivity contribution is 5.23. The maximum Gasteiger partial charge on any atom is 0.0865 e. The van der Waals surface area contributed by atoms with Crippen LogP contribution >= 0.6 is 0 Å². The Hall–Kier alpha value is -0.760. The van der Waals surface area contributed by atoms with Crippen molar-refractivity contribution >= 4 is 0 Å². The van der Waals surface area contributed by atoms with Gasteiger partial charge in [-0.15, -0.1) is 0 Å². The van der Waals surface area contributed by atoms with Gasteiger partial charge < -0.3 is 10.6 Å². The van der Waals surface area contributed by atoms with Gasteiger partial charge in [-0.1, -0.05) is 12.2 Å². The molecule has 2 aliphatic rings. The predicted octanol–water partition coefficient (Wildman–Crippen LogP) is 0.801. The molecule has 2 N–H and O–H groups in total. The van der Waals surface area contributed by atoms with Crippen molar-refractivity contribution in [3.8, 4) is 0 Å². The van der Waals surface area contributed by atoms with E-state index in [0.717, 1.165) is 13.1 Å². The van der Waals surface area contributed by atoms with Crippen LogP contribution in [0, 0.1) is 12.0 Å². The lowest BCUT2D eigenvalue weighted by atomic mass is 9.98. The van der Waals surface area contributed by atoms with Gasteiger partial charge >= 0.3 is 0 Å². The minimum absolute atomic E-state index is 0.705. The highest BCUT2D eigenvalue weighted by atomic mass is 15.0. The van der Waals surface area contributed by atoms with E-state index in [9.17, 15) is 0 Å². The van der Waals surface area contributed by atoms with Crippen LogP contribution in [0.2, 0.25) is 0 Å². The summed E-state index contributed by atoms with van der Waals surface area (Å²) in [6, 6.07) is 1.36. The molecule has 0 aliphatic carbocycles. The molecule has 1 fully saturated rings. The molecule has 1 unspecified atom stereocenters. The molecule has 1 atom stereocenters. The van der Waals surface area contributed by atoms with Crippen LogP contribution in [0.25, 0.3) is 0 Å². The first-order valence-corrected chi connectivity index (χ1v) is 4.14. The van der Waals surface area contributed by atoms with Gasteiger partial charge in [0.05, 0.1) is 6.04 Å². The Balaban J connectivity index is 1.94. The van der Waals surface area contributed by atoms with Gasteiger partial charge in [-0.05, 0) is 25.2 Å². The Morgan fingerprint density at radius 1 is 1.36 bits per heavy atom. The van der Waals surface area contributed by atoms with E-state index in [4.69, 9.17) is 0 Å². The van der Waals surface area contributed by atoms with Crippen LogP contribution in [0.3, 0.4) is 0 Å². The summed E-state index contributed by atoms with van der Waals surface area (Å²) in [4.78, 5) is 0. The molecule has 0 bridgehead atoms. The van der Waals surface area contributed by atoms with Crippen molar-refractivity contribution in [2.45, 2.75) is 6.42 Å². The lowest BCUT2D eigenvalue weighted by molar-refractivity contribution is 0.577. The van der Waals surface area contributed by atoms with Gasteiger partial charge in [-0.3, -0.25) is 0 Å². The normalized spacial score (nSPS) is 30.7. The fraction of sp³-hybridized carbons (Fsp3) is 0.444. The van der Waals surface area contributed by atoms with E-state index in [-0.39, 0.29) is 0 Å². The van der Waals surface area contributed by atoms with Crippen molar-refractivity contribution in [2.24, 2.45) is 5.92 Å². The highest BCUT2D eigenvalue weighted by Gasteiger charge is 2.23. The third kappa shape index (κ3) is 1.46. The van der Waals surface area contributed by atoms with E-state index in [2.05, 4.69) is 22.8 Å². The minimum atomic E-state index is 0.705. The third-order valence-corrected chi connectivity index (χ3v) is 2.23. The van der Waals surface area contributed by atoms with Gasteiger partial charge in [-0.2, -0.15) is 0 Å². The molecule has 0 amide bonds. The van der Waals surface area contributed by atoms with Gasteiger partial charge in [0, 0.05) is 12.5 Å². The van der Waals surface area contributed by atoms with Gasteiger partial charge in [-0.25, -0.2) is 0 Å². The van der Waals surface area contributed by atoms with Crippen LogP contribution in [-0.2, 0) is 0 Å². The van der Waals surface area contributed by atoms with E-state index in [1.807, 2.05) is 12.3 Å². The zero-order valence-corrected chi connectivity index (χ0v) is 6.51. The Morgan fingerprint density at radius 3 is 3.00 bits per heavy atom. The van der Waals surface area contributed by atoms with Crippen LogP contribution in [0.4, 0.5) is 0 Å².